The quantitative estimate of drug-likeness (QED) is 0.617. The first-order valence-electron chi connectivity index (χ1n) is 4.34. The van der Waals surface area contributed by atoms with Gasteiger partial charge in [0.05, 0.1) is 17.1 Å². The molecule has 0 aliphatic carbocycles. The Labute approximate surface area is 88.5 Å². The van der Waals surface area contributed by atoms with E-state index in [9.17, 15) is 8.42 Å². The number of aryl methyl sites for hydroxylation is 2. The van der Waals surface area contributed by atoms with Crippen molar-refractivity contribution in [2.24, 2.45) is 12.2 Å². The number of hydrogen-bond acceptors (Lipinski definition) is 5. The average molecular weight is 233 g/mol. The molecule has 5 N–H and O–H groups in total. The maximum Gasteiger partial charge on any atom is 0.210 e. The number of aromatic nitrogens is 2. The third kappa shape index (κ3) is 3.10. The zero-order valence-electron chi connectivity index (χ0n) is 8.69. The molecule has 0 radical (unpaired) electrons. The maximum atomic E-state index is 10.7. The van der Waals surface area contributed by atoms with Crippen LogP contribution < -0.4 is 16.2 Å². The van der Waals surface area contributed by atoms with E-state index < -0.39 is 10.0 Å². The first-order chi connectivity index (χ1) is 6.81. The Kier molecular flexibility index (Phi) is 3.20. The Morgan fingerprint density at radius 1 is 1.53 bits per heavy atom. The van der Waals surface area contributed by atoms with E-state index in [4.69, 9.17) is 10.9 Å². The highest BCUT2D eigenvalue weighted by atomic mass is 32.2. The Balaban J connectivity index is 2.66. The topological polar surface area (TPSA) is 116 Å². The normalized spacial score (nSPS) is 11.7. The van der Waals surface area contributed by atoms with E-state index in [1.165, 1.54) is 0 Å². The van der Waals surface area contributed by atoms with Crippen LogP contribution in [0.4, 0.5) is 11.5 Å². The number of primary sulfonamides is 1. The molecule has 0 fully saturated rings. The molecule has 86 valence electrons. The molecule has 0 atom stereocenters. The predicted octanol–water partition coefficient (Wildman–Crippen LogP) is -0.989. The van der Waals surface area contributed by atoms with Gasteiger partial charge in [-0.3, -0.25) is 4.68 Å². The van der Waals surface area contributed by atoms with E-state index in [1.807, 2.05) is 0 Å². The summed E-state index contributed by atoms with van der Waals surface area (Å²) < 4.78 is 22.9. The number of sulfonamides is 1. The van der Waals surface area contributed by atoms with Gasteiger partial charge in [-0.05, 0) is 6.92 Å². The highest BCUT2D eigenvalue weighted by Gasteiger charge is 2.10. The van der Waals surface area contributed by atoms with Crippen LogP contribution in [0.25, 0.3) is 0 Å². The molecule has 0 spiro atoms. The number of nitrogen functional groups attached to an aromatic ring is 1. The van der Waals surface area contributed by atoms with Crippen LogP contribution in [-0.2, 0) is 17.1 Å². The number of rotatable bonds is 4. The van der Waals surface area contributed by atoms with Crippen molar-refractivity contribution in [3.05, 3.63) is 5.69 Å². The zero-order valence-corrected chi connectivity index (χ0v) is 9.50. The lowest BCUT2D eigenvalue weighted by molar-refractivity contribution is 0.598. The van der Waals surface area contributed by atoms with Crippen LogP contribution in [0.15, 0.2) is 0 Å². The first-order valence-corrected chi connectivity index (χ1v) is 6.06. The van der Waals surface area contributed by atoms with Crippen LogP contribution in [-0.4, -0.2) is 30.5 Å². The smallest absolute Gasteiger partial charge is 0.210 e. The number of nitrogens with zero attached hydrogens (tertiary/aromatic N) is 2. The summed E-state index contributed by atoms with van der Waals surface area (Å²) in [6, 6.07) is 0. The van der Waals surface area contributed by atoms with Crippen LogP contribution in [0.1, 0.15) is 5.69 Å². The minimum atomic E-state index is -3.45. The van der Waals surface area contributed by atoms with Gasteiger partial charge >= 0.3 is 0 Å². The number of nitrogens with one attached hydrogen (secondary N) is 1. The van der Waals surface area contributed by atoms with Gasteiger partial charge < -0.3 is 11.1 Å². The molecule has 0 unspecified atom stereocenters. The molecule has 0 aliphatic rings. The first kappa shape index (κ1) is 11.8. The molecule has 0 saturated heterocycles. The Bertz CT molecular complexity index is 450. The zero-order chi connectivity index (χ0) is 11.6. The molecule has 8 heteroatoms. The molecule has 15 heavy (non-hydrogen) atoms. The summed E-state index contributed by atoms with van der Waals surface area (Å²) in [5.41, 5.74) is 6.95. The molecule has 1 aromatic heterocycles. The maximum absolute atomic E-state index is 10.7. The fourth-order valence-electron chi connectivity index (χ4n) is 1.20. The fraction of sp³-hybridized carbons (Fsp3) is 0.571. The summed E-state index contributed by atoms with van der Waals surface area (Å²) in [5, 5.41) is 11.8. The molecule has 7 nitrogen and oxygen atoms in total. The van der Waals surface area contributed by atoms with E-state index in [0.29, 0.717) is 17.2 Å². The van der Waals surface area contributed by atoms with Gasteiger partial charge in [-0.2, -0.15) is 5.10 Å². The summed E-state index contributed by atoms with van der Waals surface area (Å²) in [7, 11) is -1.72. The van der Waals surface area contributed by atoms with Crippen LogP contribution in [0.2, 0.25) is 0 Å². The van der Waals surface area contributed by atoms with Gasteiger partial charge in [-0.15, -0.1) is 0 Å². The second-order valence-corrected chi connectivity index (χ2v) is 5.00. The van der Waals surface area contributed by atoms with Crippen LogP contribution in [0.3, 0.4) is 0 Å². The van der Waals surface area contributed by atoms with Gasteiger partial charge in [0.2, 0.25) is 10.0 Å². The highest BCUT2D eigenvalue weighted by molar-refractivity contribution is 7.89. The van der Waals surface area contributed by atoms with Crippen molar-refractivity contribution in [1.82, 2.24) is 9.78 Å². The third-order valence-corrected chi connectivity index (χ3v) is 2.72. The molecular formula is C7H15N5O2S. The lowest BCUT2D eigenvalue weighted by Crippen LogP contribution is -2.23. The molecule has 0 bridgehead atoms. The Morgan fingerprint density at radius 2 is 2.13 bits per heavy atom. The fourth-order valence-corrected chi connectivity index (χ4v) is 1.58. The average Bonchev–Trinajstić information content (AvgIpc) is 2.29. The molecule has 0 aliphatic heterocycles. The van der Waals surface area contributed by atoms with Crippen molar-refractivity contribution in [2.75, 3.05) is 23.3 Å². The lowest BCUT2D eigenvalue weighted by Gasteiger charge is -2.06. The van der Waals surface area contributed by atoms with Gasteiger partial charge in [0.15, 0.2) is 0 Å². The standard InChI is InChI=1S/C7H15N5O2S/c1-5-6(8)7(12(2)11-5)10-3-4-15(9,13)14/h10H,3-4,8H2,1-2H3,(H2,9,13,14). The minimum absolute atomic E-state index is 0.142. The summed E-state index contributed by atoms with van der Waals surface area (Å²) in [6.07, 6.45) is 0. The van der Waals surface area contributed by atoms with E-state index in [2.05, 4.69) is 10.4 Å². The molecule has 0 aromatic carbocycles. The summed E-state index contributed by atoms with van der Waals surface area (Å²) in [6.45, 7) is 1.99. The van der Waals surface area contributed by atoms with E-state index in [1.54, 1.807) is 18.7 Å². The highest BCUT2D eigenvalue weighted by Crippen LogP contribution is 2.20. The van der Waals surface area contributed by atoms with Crippen LogP contribution in [0.5, 0.6) is 0 Å². The Morgan fingerprint density at radius 3 is 2.53 bits per heavy atom. The minimum Gasteiger partial charge on any atom is -0.394 e. The second kappa shape index (κ2) is 4.07. The lowest BCUT2D eigenvalue weighted by atomic mass is 10.4. The molecule has 1 heterocycles. The van der Waals surface area contributed by atoms with Gasteiger partial charge in [-0.25, -0.2) is 13.6 Å². The summed E-state index contributed by atoms with van der Waals surface area (Å²) in [4.78, 5) is 0. The molecule has 1 aromatic rings. The number of hydrogen-bond donors (Lipinski definition) is 3. The SMILES string of the molecule is Cc1nn(C)c(NCCS(N)(=O)=O)c1N. The van der Waals surface area contributed by atoms with Crippen molar-refractivity contribution in [2.45, 2.75) is 6.92 Å². The van der Waals surface area contributed by atoms with Crippen LogP contribution >= 0.6 is 0 Å². The van der Waals surface area contributed by atoms with Crippen molar-refractivity contribution in [3.8, 4) is 0 Å². The van der Waals surface area contributed by atoms with Gasteiger partial charge in [0.25, 0.3) is 0 Å². The van der Waals surface area contributed by atoms with Gasteiger partial charge in [-0.1, -0.05) is 0 Å². The van der Waals surface area contributed by atoms with Crippen molar-refractivity contribution in [3.63, 3.8) is 0 Å². The molecule has 0 amide bonds. The van der Waals surface area contributed by atoms with E-state index in [0.717, 1.165) is 0 Å². The van der Waals surface area contributed by atoms with Crippen molar-refractivity contribution < 1.29 is 8.42 Å². The molecular weight excluding hydrogens is 218 g/mol. The number of nitrogens with two attached hydrogens (primary N) is 2. The van der Waals surface area contributed by atoms with Gasteiger partial charge in [0.1, 0.15) is 5.82 Å². The van der Waals surface area contributed by atoms with E-state index >= 15 is 0 Å². The van der Waals surface area contributed by atoms with Crippen molar-refractivity contribution in [1.29, 1.82) is 0 Å². The largest absolute Gasteiger partial charge is 0.394 e. The molecule has 1 rings (SSSR count). The summed E-state index contributed by atoms with van der Waals surface area (Å²) >= 11 is 0. The third-order valence-electron chi connectivity index (χ3n) is 1.95. The summed E-state index contributed by atoms with van der Waals surface area (Å²) in [5.74, 6) is 0.465. The predicted molar refractivity (Wildman–Crippen MR) is 58.8 cm³/mol. The van der Waals surface area contributed by atoms with E-state index in [-0.39, 0.29) is 12.3 Å². The van der Waals surface area contributed by atoms with Crippen molar-refractivity contribution >= 4 is 21.5 Å². The van der Waals surface area contributed by atoms with Crippen LogP contribution in [0, 0.1) is 6.92 Å². The Hall–Kier alpha value is -1.28. The number of anilines is 2. The monoisotopic (exact) mass is 233 g/mol. The molecule has 0 saturated carbocycles. The van der Waals surface area contributed by atoms with Gasteiger partial charge in [0, 0.05) is 13.6 Å². The second-order valence-electron chi connectivity index (χ2n) is 3.27.